The Hall–Kier alpha value is -1.56. The maximum absolute atomic E-state index is 12.3. The number of hydrogen-bond donors (Lipinski definition) is 0. The quantitative estimate of drug-likeness (QED) is 0.746. The molecule has 0 aliphatic heterocycles. The summed E-state index contributed by atoms with van der Waals surface area (Å²) in [6.07, 6.45) is 0.174. The molecular weight excluding hydrogens is 268 g/mol. The molecule has 5 nitrogen and oxygen atoms in total. The van der Waals surface area contributed by atoms with Gasteiger partial charge in [0, 0.05) is 0 Å². The lowest BCUT2D eigenvalue weighted by atomic mass is 10.3. The monoisotopic (exact) mass is 286 g/mol. The molecule has 0 saturated carbocycles. The van der Waals surface area contributed by atoms with Crippen molar-refractivity contribution in [2.45, 2.75) is 30.4 Å². The maximum Gasteiger partial charge on any atom is 0.324 e. The van der Waals surface area contributed by atoms with Crippen molar-refractivity contribution >= 4 is 15.8 Å². The topological polar surface area (TPSA) is 69.7 Å². The number of esters is 1. The van der Waals surface area contributed by atoms with Crippen LogP contribution in [0.15, 0.2) is 29.2 Å². The number of carbonyl (C=O) groups excluding carboxylic acids is 1. The normalized spacial score (nSPS) is 12.8. The van der Waals surface area contributed by atoms with Crippen molar-refractivity contribution in [1.82, 2.24) is 0 Å². The third-order valence-electron chi connectivity index (χ3n) is 2.68. The van der Waals surface area contributed by atoms with Gasteiger partial charge in [-0.25, -0.2) is 8.42 Å². The average molecular weight is 286 g/mol. The largest absolute Gasteiger partial charge is 0.497 e. The van der Waals surface area contributed by atoms with Gasteiger partial charge >= 0.3 is 5.97 Å². The van der Waals surface area contributed by atoms with E-state index in [1.165, 1.54) is 19.2 Å². The van der Waals surface area contributed by atoms with Gasteiger partial charge in [-0.15, -0.1) is 0 Å². The van der Waals surface area contributed by atoms with Gasteiger partial charge in [-0.1, -0.05) is 6.92 Å². The lowest BCUT2D eigenvalue weighted by Crippen LogP contribution is -2.31. The third-order valence-corrected chi connectivity index (χ3v) is 4.89. The molecule has 0 heterocycles. The summed E-state index contributed by atoms with van der Waals surface area (Å²) in [5.41, 5.74) is 0. The van der Waals surface area contributed by atoms with Gasteiger partial charge in [-0.2, -0.15) is 0 Å². The molecule has 0 fully saturated rings. The molecule has 0 spiro atoms. The zero-order chi connectivity index (χ0) is 14.5. The van der Waals surface area contributed by atoms with Crippen molar-refractivity contribution in [1.29, 1.82) is 0 Å². The second-order valence-electron chi connectivity index (χ2n) is 3.87. The minimum atomic E-state index is -3.73. The van der Waals surface area contributed by atoms with Gasteiger partial charge in [0.15, 0.2) is 15.1 Å². The van der Waals surface area contributed by atoms with E-state index in [2.05, 4.69) is 0 Å². The fourth-order valence-corrected chi connectivity index (χ4v) is 3.28. The summed E-state index contributed by atoms with van der Waals surface area (Å²) in [6, 6.07) is 5.95. The number of ether oxygens (including phenoxy) is 2. The third kappa shape index (κ3) is 3.47. The molecule has 0 bridgehead atoms. The molecule has 0 amide bonds. The van der Waals surface area contributed by atoms with Crippen molar-refractivity contribution in [2.75, 3.05) is 13.7 Å². The Bertz CT molecular complexity index is 518. The minimum absolute atomic E-state index is 0.0909. The fourth-order valence-electron chi connectivity index (χ4n) is 1.68. The van der Waals surface area contributed by atoms with Crippen LogP contribution in [0.2, 0.25) is 0 Å². The van der Waals surface area contributed by atoms with Gasteiger partial charge < -0.3 is 9.47 Å². The zero-order valence-corrected chi connectivity index (χ0v) is 12.1. The molecule has 19 heavy (non-hydrogen) atoms. The smallest absolute Gasteiger partial charge is 0.324 e. The van der Waals surface area contributed by atoms with Crippen LogP contribution in [-0.2, 0) is 19.4 Å². The van der Waals surface area contributed by atoms with E-state index in [1.54, 1.807) is 26.0 Å². The highest BCUT2D eigenvalue weighted by Gasteiger charge is 2.33. The van der Waals surface area contributed by atoms with Crippen molar-refractivity contribution < 1.29 is 22.7 Å². The first-order valence-electron chi connectivity index (χ1n) is 6.01. The number of sulfone groups is 1. The Balaban J connectivity index is 3.09. The van der Waals surface area contributed by atoms with Gasteiger partial charge in [-0.3, -0.25) is 4.79 Å². The maximum atomic E-state index is 12.3. The van der Waals surface area contributed by atoms with Gasteiger partial charge in [0.05, 0.1) is 18.6 Å². The highest BCUT2D eigenvalue weighted by Crippen LogP contribution is 2.22. The summed E-state index contributed by atoms with van der Waals surface area (Å²) in [7, 11) is -2.23. The second kappa shape index (κ2) is 6.56. The standard InChI is InChI=1S/C13H18O5S/c1-4-12(13(14)18-5-2)19(15,16)11-8-6-10(17-3)7-9-11/h6-9,12H,4-5H2,1-3H3. The SMILES string of the molecule is CCOC(=O)C(CC)S(=O)(=O)c1ccc(OC)cc1. The molecule has 0 N–H and O–H groups in total. The Morgan fingerprint density at radius 3 is 2.21 bits per heavy atom. The summed E-state index contributed by atoms with van der Waals surface area (Å²) in [6.45, 7) is 3.45. The number of methoxy groups -OCH3 is 1. The second-order valence-corrected chi connectivity index (χ2v) is 6.00. The molecule has 0 aromatic heterocycles. The van der Waals surface area contributed by atoms with Crippen LogP contribution >= 0.6 is 0 Å². The molecule has 1 unspecified atom stereocenters. The van der Waals surface area contributed by atoms with Crippen LogP contribution < -0.4 is 4.74 Å². The van der Waals surface area contributed by atoms with Crippen molar-refractivity contribution in [3.8, 4) is 5.75 Å². The minimum Gasteiger partial charge on any atom is -0.497 e. The predicted octanol–water partition coefficient (Wildman–Crippen LogP) is 1.81. The van der Waals surface area contributed by atoms with Crippen LogP contribution in [0.4, 0.5) is 0 Å². The number of benzene rings is 1. The molecule has 1 atom stereocenters. The first-order valence-corrected chi connectivity index (χ1v) is 7.56. The Morgan fingerprint density at radius 1 is 1.21 bits per heavy atom. The summed E-state index contributed by atoms with van der Waals surface area (Å²) in [4.78, 5) is 11.8. The molecule has 1 aromatic rings. The highest BCUT2D eigenvalue weighted by molar-refractivity contribution is 7.92. The summed E-state index contributed by atoms with van der Waals surface area (Å²) >= 11 is 0. The van der Waals surface area contributed by atoms with Gasteiger partial charge in [0.2, 0.25) is 0 Å². The van der Waals surface area contributed by atoms with E-state index in [1.807, 2.05) is 0 Å². The predicted molar refractivity (Wildman–Crippen MR) is 70.9 cm³/mol. The van der Waals surface area contributed by atoms with E-state index in [9.17, 15) is 13.2 Å². The van der Waals surface area contributed by atoms with Crippen molar-refractivity contribution in [3.63, 3.8) is 0 Å². The van der Waals surface area contributed by atoms with Crippen LogP contribution in [-0.4, -0.2) is 33.4 Å². The lowest BCUT2D eigenvalue weighted by molar-refractivity contribution is -0.142. The van der Waals surface area contributed by atoms with E-state index in [-0.39, 0.29) is 17.9 Å². The fraction of sp³-hybridized carbons (Fsp3) is 0.462. The van der Waals surface area contributed by atoms with Gasteiger partial charge in [0.25, 0.3) is 0 Å². The van der Waals surface area contributed by atoms with E-state index in [0.717, 1.165) is 0 Å². The molecule has 106 valence electrons. The molecular formula is C13H18O5S. The Morgan fingerprint density at radius 2 is 1.79 bits per heavy atom. The summed E-state index contributed by atoms with van der Waals surface area (Å²) in [5, 5.41) is -1.17. The zero-order valence-electron chi connectivity index (χ0n) is 11.3. The van der Waals surface area contributed by atoms with E-state index in [0.29, 0.717) is 5.75 Å². The number of rotatable bonds is 6. The molecule has 6 heteroatoms. The van der Waals surface area contributed by atoms with Crippen LogP contribution in [0, 0.1) is 0 Å². The summed E-state index contributed by atoms with van der Waals surface area (Å²) in [5.74, 6) is -0.149. The van der Waals surface area contributed by atoms with Crippen molar-refractivity contribution in [2.24, 2.45) is 0 Å². The van der Waals surface area contributed by atoms with Crippen LogP contribution in [0.1, 0.15) is 20.3 Å². The lowest BCUT2D eigenvalue weighted by Gasteiger charge is -2.14. The number of carbonyl (C=O) groups is 1. The van der Waals surface area contributed by atoms with Crippen LogP contribution in [0.25, 0.3) is 0 Å². The van der Waals surface area contributed by atoms with Crippen LogP contribution in [0.5, 0.6) is 5.75 Å². The molecule has 0 aliphatic rings. The molecule has 0 radical (unpaired) electrons. The Labute approximate surface area is 113 Å². The number of hydrogen-bond acceptors (Lipinski definition) is 5. The molecule has 1 rings (SSSR count). The molecule has 0 saturated heterocycles. The molecule has 1 aromatic carbocycles. The first kappa shape index (κ1) is 15.5. The molecule has 0 aliphatic carbocycles. The van der Waals surface area contributed by atoms with Crippen molar-refractivity contribution in [3.05, 3.63) is 24.3 Å². The van der Waals surface area contributed by atoms with Crippen LogP contribution in [0.3, 0.4) is 0 Å². The van der Waals surface area contributed by atoms with Gasteiger partial charge in [0.1, 0.15) is 5.75 Å². The van der Waals surface area contributed by atoms with E-state index >= 15 is 0 Å². The summed E-state index contributed by atoms with van der Waals surface area (Å²) < 4.78 is 34.4. The van der Waals surface area contributed by atoms with E-state index in [4.69, 9.17) is 9.47 Å². The highest BCUT2D eigenvalue weighted by atomic mass is 32.2. The Kier molecular flexibility index (Phi) is 5.35. The van der Waals surface area contributed by atoms with E-state index < -0.39 is 21.1 Å². The average Bonchev–Trinajstić information content (AvgIpc) is 2.39. The first-order chi connectivity index (χ1) is 8.97. The van der Waals surface area contributed by atoms with Gasteiger partial charge in [-0.05, 0) is 37.6 Å².